The van der Waals surface area contributed by atoms with Gasteiger partial charge in [-0.25, -0.2) is 0 Å². The zero-order valence-electron chi connectivity index (χ0n) is 19.3. The molecule has 1 unspecified atom stereocenters. The quantitative estimate of drug-likeness (QED) is 0.291. The zero-order valence-corrected chi connectivity index (χ0v) is 21.6. The van der Waals surface area contributed by atoms with Crippen LogP contribution in [-0.4, -0.2) is 47.1 Å². The number of rotatable bonds is 9. The van der Waals surface area contributed by atoms with Gasteiger partial charge in [0.05, 0.1) is 17.8 Å². The van der Waals surface area contributed by atoms with Gasteiger partial charge in [-0.2, -0.15) is 5.10 Å². The van der Waals surface area contributed by atoms with Crippen molar-refractivity contribution in [1.29, 1.82) is 0 Å². The third-order valence-electron chi connectivity index (χ3n) is 5.80. The number of guanidine groups is 1. The van der Waals surface area contributed by atoms with Gasteiger partial charge in [-0.1, -0.05) is 26.2 Å². The van der Waals surface area contributed by atoms with Gasteiger partial charge in [-0.05, 0) is 58.9 Å². The third kappa shape index (κ3) is 7.74. The molecule has 29 heavy (non-hydrogen) atoms. The normalized spacial score (nSPS) is 17.5. The number of aliphatic imine (C=N–C) groups is 1. The maximum atomic E-state index is 6.31. The molecule has 1 saturated carbocycles. The first-order valence-electron chi connectivity index (χ1n) is 11.1. The Morgan fingerprint density at radius 1 is 1.24 bits per heavy atom. The Hall–Kier alpha value is -0.830. The monoisotopic (exact) mass is 519 g/mol. The molecule has 0 bridgehead atoms. The lowest BCUT2D eigenvalue weighted by Crippen LogP contribution is -2.45. The second kappa shape index (κ2) is 12.8. The Balaban J connectivity index is 0.00000420. The molecule has 1 aliphatic rings. The molecule has 6 nitrogen and oxygen atoms in total. The molecule has 1 aliphatic carbocycles. The molecular weight excluding hydrogens is 477 g/mol. The molecule has 0 radical (unpaired) electrons. The minimum Gasteiger partial charge on any atom is -0.373 e. The fourth-order valence-corrected chi connectivity index (χ4v) is 4.11. The zero-order chi connectivity index (χ0) is 20.6. The number of ether oxygens (including phenoxy) is 1. The van der Waals surface area contributed by atoms with Crippen molar-refractivity contribution in [3.63, 3.8) is 0 Å². The average molecular weight is 520 g/mol. The van der Waals surface area contributed by atoms with Crippen LogP contribution in [0, 0.1) is 13.8 Å². The summed E-state index contributed by atoms with van der Waals surface area (Å²) in [6, 6.07) is 0.276. The van der Waals surface area contributed by atoms with Crippen LogP contribution < -0.4 is 10.6 Å². The molecule has 0 aromatic carbocycles. The fraction of sp³-hybridized carbons (Fsp3) is 0.818. The van der Waals surface area contributed by atoms with Gasteiger partial charge in [-0.15, -0.1) is 24.0 Å². The second-order valence-electron chi connectivity index (χ2n) is 8.31. The minimum absolute atomic E-state index is 0. The Morgan fingerprint density at radius 3 is 2.48 bits per heavy atom. The van der Waals surface area contributed by atoms with Crippen LogP contribution in [-0.2, 0) is 18.2 Å². The molecule has 1 atom stereocenters. The standard InChI is InChI=1S/C22H41N5O.HI/c1-7-14-28-22(12-10-9-11-13-22)16-24-21(23-8-2)25-17(3)15-20-18(4)26-27(6)19(20)5;/h17H,7-16H2,1-6H3,(H2,23,24,25);1H. The number of hydrogen-bond acceptors (Lipinski definition) is 3. The molecule has 1 aromatic heterocycles. The molecule has 168 valence electrons. The summed E-state index contributed by atoms with van der Waals surface area (Å²) in [5, 5.41) is 11.5. The molecule has 1 aromatic rings. The SMILES string of the molecule is CCCOC1(CN=C(NCC)NC(C)Cc2c(C)nn(C)c2C)CCCCC1.I. The van der Waals surface area contributed by atoms with Crippen molar-refractivity contribution >= 4 is 29.9 Å². The van der Waals surface area contributed by atoms with E-state index in [2.05, 4.69) is 50.4 Å². The maximum absolute atomic E-state index is 6.31. The van der Waals surface area contributed by atoms with E-state index in [9.17, 15) is 0 Å². The third-order valence-corrected chi connectivity index (χ3v) is 5.80. The van der Waals surface area contributed by atoms with Crippen LogP contribution in [0.25, 0.3) is 0 Å². The van der Waals surface area contributed by atoms with Gasteiger partial charge >= 0.3 is 0 Å². The molecule has 2 rings (SSSR count). The highest BCUT2D eigenvalue weighted by Crippen LogP contribution is 2.32. The van der Waals surface area contributed by atoms with Crippen LogP contribution in [0.3, 0.4) is 0 Å². The molecule has 0 saturated heterocycles. The highest BCUT2D eigenvalue weighted by Gasteiger charge is 2.32. The van der Waals surface area contributed by atoms with Crippen LogP contribution in [0.1, 0.15) is 76.2 Å². The minimum atomic E-state index is -0.0730. The maximum Gasteiger partial charge on any atom is 0.191 e. The van der Waals surface area contributed by atoms with Crippen LogP contribution in [0.4, 0.5) is 0 Å². The van der Waals surface area contributed by atoms with E-state index in [-0.39, 0.29) is 35.6 Å². The van der Waals surface area contributed by atoms with E-state index < -0.39 is 0 Å². The van der Waals surface area contributed by atoms with Crippen LogP contribution in [0.5, 0.6) is 0 Å². The summed E-state index contributed by atoms with van der Waals surface area (Å²) in [5.41, 5.74) is 3.61. The first kappa shape index (κ1) is 26.2. The van der Waals surface area contributed by atoms with E-state index in [0.29, 0.717) is 0 Å². The van der Waals surface area contributed by atoms with Gasteiger partial charge in [-0.3, -0.25) is 9.67 Å². The van der Waals surface area contributed by atoms with E-state index in [1.807, 2.05) is 11.7 Å². The van der Waals surface area contributed by atoms with Crippen molar-refractivity contribution in [3.05, 3.63) is 17.0 Å². The Kier molecular flexibility index (Phi) is 11.5. The van der Waals surface area contributed by atoms with Crippen molar-refractivity contribution in [3.8, 4) is 0 Å². The molecular formula is C22H42IN5O. The fourth-order valence-electron chi connectivity index (χ4n) is 4.11. The molecule has 0 aliphatic heterocycles. The van der Waals surface area contributed by atoms with E-state index in [4.69, 9.17) is 9.73 Å². The van der Waals surface area contributed by atoms with Gasteiger partial charge in [0.1, 0.15) is 0 Å². The van der Waals surface area contributed by atoms with Crippen molar-refractivity contribution in [1.82, 2.24) is 20.4 Å². The van der Waals surface area contributed by atoms with Gasteiger partial charge in [0, 0.05) is 31.9 Å². The summed E-state index contributed by atoms with van der Waals surface area (Å²) in [6.07, 6.45) is 8.07. The predicted octanol–water partition coefficient (Wildman–Crippen LogP) is 4.27. The van der Waals surface area contributed by atoms with Gasteiger partial charge < -0.3 is 15.4 Å². The molecule has 1 fully saturated rings. The Labute approximate surface area is 194 Å². The number of aryl methyl sites for hydroxylation is 2. The summed E-state index contributed by atoms with van der Waals surface area (Å²) in [6.45, 7) is 13.1. The number of nitrogens with zero attached hydrogens (tertiary/aromatic N) is 3. The van der Waals surface area contributed by atoms with Crippen molar-refractivity contribution in [2.75, 3.05) is 19.7 Å². The molecule has 1 heterocycles. The van der Waals surface area contributed by atoms with E-state index in [1.54, 1.807) is 0 Å². The highest BCUT2D eigenvalue weighted by atomic mass is 127. The summed E-state index contributed by atoms with van der Waals surface area (Å²) in [7, 11) is 2.01. The lowest BCUT2D eigenvalue weighted by Gasteiger charge is -2.36. The smallest absolute Gasteiger partial charge is 0.191 e. The van der Waals surface area contributed by atoms with Gasteiger partial charge in [0.2, 0.25) is 0 Å². The summed E-state index contributed by atoms with van der Waals surface area (Å²) in [4.78, 5) is 4.94. The number of aromatic nitrogens is 2. The predicted molar refractivity (Wildman–Crippen MR) is 132 cm³/mol. The van der Waals surface area contributed by atoms with Crippen molar-refractivity contribution in [2.24, 2.45) is 12.0 Å². The second-order valence-corrected chi connectivity index (χ2v) is 8.31. The van der Waals surface area contributed by atoms with Gasteiger partial charge in [0.25, 0.3) is 0 Å². The van der Waals surface area contributed by atoms with Crippen molar-refractivity contribution in [2.45, 2.75) is 91.2 Å². The Morgan fingerprint density at radius 2 is 1.93 bits per heavy atom. The molecule has 7 heteroatoms. The largest absolute Gasteiger partial charge is 0.373 e. The summed E-state index contributed by atoms with van der Waals surface area (Å²) < 4.78 is 8.28. The van der Waals surface area contributed by atoms with Crippen LogP contribution in [0.15, 0.2) is 4.99 Å². The van der Waals surface area contributed by atoms with Gasteiger partial charge in [0.15, 0.2) is 5.96 Å². The van der Waals surface area contributed by atoms with E-state index in [0.717, 1.165) is 57.0 Å². The van der Waals surface area contributed by atoms with E-state index in [1.165, 1.54) is 30.5 Å². The topological polar surface area (TPSA) is 63.5 Å². The summed E-state index contributed by atoms with van der Waals surface area (Å²) in [5.74, 6) is 0.888. The van der Waals surface area contributed by atoms with E-state index >= 15 is 0 Å². The average Bonchev–Trinajstić information content (AvgIpc) is 2.91. The van der Waals surface area contributed by atoms with Crippen LogP contribution in [0.2, 0.25) is 0 Å². The lowest BCUT2D eigenvalue weighted by molar-refractivity contribution is -0.0624. The number of nitrogens with one attached hydrogen (secondary N) is 2. The number of hydrogen-bond donors (Lipinski definition) is 2. The molecule has 0 amide bonds. The first-order chi connectivity index (χ1) is 13.4. The number of halogens is 1. The molecule has 2 N–H and O–H groups in total. The lowest BCUT2D eigenvalue weighted by atomic mass is 9.84. The summed E-state index contributed by atoms with van der Waals surface area (Å²) >= 11 is 0. The van der Waals surface area contributed by atoms with Crippen LogP contribution >= 0.6 is 24.0 Å². The van der Waals surface area contributed by atoms with Crippen molar-refractivity contribution < 1.29 is 4.74 Å². The first-order valence-corrected chi connectivity index (χ1v) is 11.1. The molecule has 0 spiro atoms. The Bertz CT molecular complexity index is 637. The highest BCUT2D eigenvalue weighted by molar-refractivity contribution is 14.0.